The molecule has 2 aliphatic rings. The van der Waals surface area contributed by atoms with Crippen LogP contribution in [0.4, 0.5) is 0 Å². The van der Waals surface area contributed by atoms with Gasteiger partial charge in [-0.3, -0.25) is 0 Å². The molecule has 18 heavy (non-hydrogen) atoms. The summed E-state index contributed by atoms with van der Waals surface area (Å²) in [4.78, 5) is 0. The van der Waals surface area contributed by atoms with Crippen LogP contribution in [-0.4, -0.2) is 5.43 Å². The summed E-state index contributed by atoms with van der Waals surface area (Å²) in [5.74, 6) is 0. The van der Waals surface area contributed by atoms with Gasteiger partial charge >= 0.3 is 108 Å². The molecule has 2 aliphatic carbocycles. The van der Waals surface area contributed by atoms with E-state index in [0.717, 1.165) is 0 Å². The molecule has 98 valence electrons. The van der Waals surface area contributed by atoms with Gasteiger partial charge < -0.3 is 24.8 Å². The Bertz CT molecular complexity index is 393. The molecule has 0 aromatic heterocycles. The quantitative estimate of drug-likeness (QED) is 0.514. The minimum atomic E-state index is -1.40. The smallest absolute Gasteiger partial charge is 1.00 e. The van der Waals surface area contributed by atoms with Crippen LogP contribution in [0.2, 0.25) is 12.1 Å². The van der Waals surface area contributed by atoms with Crippen LogP contribution in [0.3, 0.4) is 0 Å². The SMILES string of the molecule is CC[Si](CC)=[Zr+2]([C]1=CC=CC1)[C]1=CC=CC1.[Cl-].[Cl-]. The van der Waals surface area contributed by atoms with Crippen molar-refractivity contribution in [1.82, 2.24) is 0 Å². The molecule has 0 fully saturated rings. The first-order valence-electron chi connectivity index (χ1n) is 6.31. The van der Waals surface area contributed by atoms with E-state index in [1.54, 1.807) is 0 Å². The molecule has 0 atom stereocenters. The summed E-state index contributed by atoms with van der Waals surface area (Å²) in [6.07, 6.45) is 16.7. The third-order valence-corrected chi connectivity index (χ3v) is 25.0. The minimum Gasteiger partial charge on any atom is -1.00 e. The van der Waals surface area contributed by atoms with E-state index in [-0.39, 0.29) is 30.2 Å². The maximum atomic E-state index is 2.45. The molecule has 0 heterocycles. The van der Waals surface area contributed by atoms with Crippen LogP contribution in [-0.2, 0) is 20.4 Å². The summed E-state index contributed by atoms with van der Waals surface area (Å²) in [6, 6.07) is 2.95. The largest absolute Gasteiger partial charge is 1.00 e. The fraction of sp³-hybridized carbons (Fsp3) is 0.429. The number of allylic oxidation sites excluding steroid dienone is 8. The Morgan fingerprint density at radius 1 is 0.944 bits per heavy atom. The monoisotopic (exact) mass is 376 g/mol. The molecule has 0 nitrogen and oxygen atoms in total. The molecule has 0 radical (unpaired) electrons. The van der Waals surface area contributed by atoms with Crippen LogP contribution in [0, 0.1) is 0 Å². The molecule has 0 saturated carbocycles. The Hall–Kier alpha value is 0.640. The first-order chi connectivity index (χ1) is 7.86. The summed E-state index contributed by atoms with van der Waals surface area (Å²) >= 11 is -1.40. The Balaban J connectivity index is 0.00000144. The molecule has 0 bridgehead atoms. The third-order valence-electron chi connectivity index (χ3n) is 3.39. The first kappa shape index (κ1) is 18.6. The zero-order valence-electron chi connectivity index (χ0n) is 11.0. The maximum Gasteiger partial charge on any atom is -1.00 e. The van der Waals surface area contributed by atoms with Crippen LogP contribution in [0.1, 0.15) is 26.7 Å². The molecule has 0 saturated heterocycles. The molecule has 0 aromatic carbocycles. The summed E-state index contributed by atoms with van der Waals surface area (Å²) < 4.78 is 3.74. The Morgan fingerprint density at radius 3 is 1.67 bits per heavy atom. The fourth-order valence-electron chi connectivity index (χ4n) is 2.53. The van der Waals surface area contributed by atoms with Crippen molar-refractivity contribution in [1.29, 1.82) is 0 Å². The van der Waals surface area contributed by atoms with Crippen molar-refractivity contribution in [2.75, 3.05) is 0 Å². The van der Waals surface area contributed by atoms with E-state index in [1.807, 2.05) is 6.56 Å². The van der Waals surface area contributed by atoms with Gasteiger partial charge in [0, 0.05) is 0 Å². The van der Waals surface area contributed by atoms with Crippen molar-refractivity contribution in [3.63, 3.8) is 0 Å². The molecule has 0 spiro atoms. The maximum absolute atomic E-state index is 2.45. The van der Waals surface area contributed by atoms with Crippen LogP contribution in [0.15, 0.2) is 43.0 Å². The van der Waals surface area contributed by atoms with Crippen LogP contribution < -0.4 is 24.8 Å². The molecule has 0 amide bonds. The topological polar surface area (TPSA) is 0 Å². The zero-order valence-corrected chi connectivity index (χ0v) is 16.0. The van der Waals surface area contributed by atoms with Crippen molar-refractivity contribution in [2.24, 2.45) is 0 Å². The van der Waals surface area contributed by atoms with Crippen molar-refractivity contribution >= 4 is 5.43 Å². The van der Waals surface area contributed by atoms with Gasteiger partial charge in [-0.15, -0.1) is 0 Å². The molecule has 0 aliphatic heterocycles. The summed E-state index contributed by atoms with van der Waals surface area (Å²) in [5, 5.41) is 0. The summed E-state index contributed by atoms with van der Waals surface area (Å²) in [7, 11) is 0. The number of rotatable bonds is 4. The van der Waals surface area contributed by atoms with E-state index in [2.05, 4.69) is 50.3 Å². The third kappa shape index (κ3) is 4.34. The number of halogens is 2. The van der Waals surface area contributed by atoms with Crippen LogP contribution >= 0.6 is 0 Å². The summed E-state index contributed by atoms with van der Waals surface area (Å²) in [5.41, 5.74) is -0.0475. The van der Waals surface area contributed by atoms with Gasteiger partial charge in [-0.1, -0.05) is 0 Å². The Kier molecular flexibility index (Phi) is 9.87. The van der Waals surface area contributed by atoms with Crippen LogP contribution in [0.5, 0.6) is 0 Å². The second-order valence-electron chi connectivity index (χ2n) is 4.33. The van der Waals surface area contributed by atoms with E-state index in [4.69, 9.17) is 0 Å². The van der Waals surface area contributed by atoms with Gasteiger partial charge in [0.05, 0.1) is 0 Å². The normalized spacial score (nSPS) is 15.2. The molecular formula is C14H20Cl2SiZr. The van der Waals surface area contributed by atoms with E-state index < -0.39 is 20.4 Å². The first-order valence-corrected chi connectivity index (χ1v) is 14.4. The van der Waals surface area contributed by atoms with Crippen molar-refractivity contribution in [2.45, 2.75) is 38.8 Å². The second-order valence-corrected chi connectivity index (χ2v) is 20.1. The van der Waals surface area contributed by atoms with E-state index >= 15 is 0 Å². The number of hydrogen-bond donors (Lipinski definition) is 0. The van der Waals surface area contributed by atoms with Crippen molar-refractivity contribution in [3.8, 4) is 0 Å². The Morgan fingerprint density at radius 2 is 1.39 bits per heavy atom. The van der Waals surface area contributed by atoms with Crippen molar-refractivity contribution < 1.29 is 45.2 Å². The standard InChI is InChI=1S/2C5H5.C4H10Si.2ClH.Zr/c2*1-2-4-5-3-1;1-3-5-4-2;;;/h2*1-3H,4H2;3-4H2,1-2H3;2*1H;/q;;;;;+2/p-2. The zero-order chi connectivity index (χ0) is 11.4. The van der Waals surface area contributed by atoms with Gasteiger partial charge in [-0.25, -0.2) is 0 Å². The minimum absolute atomic E-state index is 0. The molecule has 4 heteroatoms. The van der Waals surface area contributed by atoms with Crippen LogP contribution in [0.25, 0.3) is 0 Å². The van der Waals surface area contributed by atoms with Gasteiger partial charge in [-0.05, 0) is 0 Å². The Labute approximate surface area is 131 Å². The van der Waals surface area contributed by atoms with Gasteiger partial charge in [0.2, 0.25) is 0 Å². The second kappa shape index (κ2) is 9.53. The van der Waals surface area contributed by atoms with E-state index in [0.29, 0.717) is 0 Å². The van der Waals surface area contributed by atoms with Gasteiger partial charge in [0.1, 0.15) is 0 Å². The summed E-state index contributed by atoms with van der Waals surface area (Å²) in [6.45, 7) is 4.84. The molecule has 0 aromatic rings. The predicted molar refractivity (Wildman–Crippen MR) is 70.4 cm³/mol. The fourth-order valence-corrected chi connectivity index (χ4v) is 22.6. The predicted octanol–water partition coefficient (Wildman–Crippen LogP) is -1.67. The molecular weight excluding hydrogens is 358 g/mol. The van der Waals surface area contributed by atoms with Crippen molar-refractivity contribution in [3.05, 3.63) is 43.0 Å². The number of hydrogen-bond acceptors (Lipinski definition) is 0. The average Bonchev–Trinajstić information content (AvgIpc) is 2.98. The molecule has 0 N–H and O–H groups in total. The van der Waals surface area contributed by atoms with Gasteiger partial charge in [0.15, 0.2) is 0 Å². The molecule has 2 rings (SSSR count). The van der Waals surface area contributed by atoms with E-state index in [9.17, 15) is 0 Å². The average molecular weight is 379 g/mol. The van der Waals surface area contributed by atoms with Gasteiger partial charge in [0.25, 0.3) is 0 Å². The van der Waals surface area contributed by atoms with E-state index in [1.165, 1.54) is 24.9 Å². The molecule has 0 unspecified atom stereocenters. The van der Waals surface area contributed by atoms with Gasteiger partial charge in [-0.2, -0.15) is 0 Å².